The number of hydrogen-bond donors (Lipinski definition) is 0. The van der Waals surface area contributed by atoms with Crippen LogP contribution >= 0.6 is 15.9 Å². The van der Waals surface area contributed by atoms with Crippen molar-refractivity contribution >= 4 is 65.4 Å². The second-order valence-electron chi connectivity index (χ2n) is 34.9. The summed E-state index contributed by atoms with van der Waals surface area (Å²) in [6.07, 6.45) is 87.0. The molecule has 1 aromatic rings. The maximum atomic E-state index is 12.6. The van der Waals surface area contributed by atoms with Crippen molar-refractivity contribution in [1.82, 2.24) is 0 Å². The molecule has 0 amide bonds. The van der Waals surface area contributed by atoms with Crippen molar-refractivity contribution < 1.29 is 41.9 Å². The lowest BCUT2D eigenvalue weighted by Gasteiger charge is -2.33. The third-order valence-corrected chi connectivity index (χ3v) is 21.8. The van der Waals surface area contributed by atoms with Crippen LogP contribution in [0.25, 0.3) is 6.08 Å². The maximum Gasteiger partial charge on any atom is 0.416 e. The van der Waals surface area contributed by atoms with Crippen LogP contribution in [0.5, 0.6) is 0 Å². The van der Waals surface area contributed by atoms with Crippen LogP contribution in [0.4, 0.5) is 18.9 Å². The van der Waals surface area contributed by atoms with Gasteiger partial charge in [0.1, 0.15) is 37.7 Å². The Bertz CT molecular complexity index is 4510. The molecule has 0 saturated heterocycles. The second-order valence-corrected chi connectivity index (χ2v) is 35.9. The average Bonchev–Trinajstić information content (AvgIpc) is 0.829. The summed E-state index contributed by atoms with van der Waals surface area (Å²) in [7, 11) is 3.99. The number of hydrogen-bond acceptors (Lipinski definition) is 7. The fourth-order valence-corrected chi connectivity index (χ4v) is 14.2. The molecule has 0 spiro atoms. The van der Waals surface area contributed by atoms with Gasteiger partial charge in [-0.2, -0.15) is 13.2 Å². The molecule has 5 aliphatic carbocycles. The third-order valence-electron chi connectivity index (χ3n) is 21.3. The second kappa shape index (κ2) is 57.9. The van der Waals surface area contributed by atoms with E-state index in [0.717, 1.165) is 101 Å². The van der Waals surface area contributed by atoms with E-state index in [1.165, 1.54) is 142 Å². The molecule has 0 radical (unpaired) electrons. The quantitative estimate of drug-likeness (QED) is 0.0447. The monoisotopic (exact) mass is 1720 g/mol. The van der Waals surface area contributed by atoms with E-state index in [4.69, 9.17) is 0 Å². The predicted octanol–water partition coefficient (Wildman–Crippen LogP) is 31.1. The van der Waals surface area contributed by atoms with E-state index >= 15 is 0 Å². The normalized spacial score (nSPS) is 19.1. The molecule has 11 heteroatoms. The summed E-state index contributed by atoms with van der Waals surface area (Å²) in [5, 5.41) is 0. The Morgan fingerprint density at radius 2 is 0.721 bits per heavy atom. The van der Waals surface area contributed by atoms with Crippen molar-refractivity contribution in [2.75, 3.05) is 19.0 Å². The predicted molar refractivity (Wildman–Crippen MR) is 525 cm³/mol. The number of nitrogens with zero attached hydrogens (tertiary/aromatic N) is 1. The zero-order valence-electron chi connectivity index (χ0n) is 78.0. The number of alkyl halides is 3. The van der Waals surface area contributed by atoms with Gasteiger partial charge < -0.3 is 4.90 Å². The third kappa shape index (κ3) is 46.1. The Morgan fingerprint density at radius 1 is 0.369 bits per heavy atom. The van der Waals surface area contributed by atoms with E-state index in [2.05, 4.69) is 244 Å². The minimum Gasteiger partial charge on any atom is -0.378 e. The number of benzene rings is 1. The van der Waals surface area contributed by atoms with E-state index in [-0.39, 0.29) is 27.9 Å². The highest BCUT2D eigenvalue weighted by Crippen LogP contribution is 2.44. The standard InChI is InChI=1S/C21H28O.C20H25F3O.2C20H26O.C19H25BrO.C11H13NO/c1-18(10-6-8-17-22)11-9-12-19(2)14-15-20-13-5-7-16-21(20,3)4;1-15(7-5-9-17(12-14-24)20(21,22)23)10-11-18-16(2)8-6-13-19(18,3)4;2*1-16(8-6-9-17(2)13-15-21)11-12-19-18(3)10-7-14-20(19,4)5;1-15(7-5-9-17(20)12-14-21)10-11-18-16(2)8-6-13-19(18,3)4;1-12(2)11-7-5-10(6-8-11)4-3-9-13/h6,8-15,17H,5,7,16H2,1-4H3;5,7,9-12,14H,6,8,13H2,1-4H3;2*6-13,15H,14H2,1-5H3;5,7,9-12,14H,6,8,13H2,1-4H3;3-9H,1-2H3/b8-6+,11-9+,15-14+,18-10+,19-12+;9-5+,11-10+,15-7+,17-12-;2*9-6+,12-11+,16-8+,17-13+;9-5+,11-10+,15-7+,17-12-;4-3+. The van der Waals surface area contributed by atoms with Gasteiger partial charge in [0.25, 0.3) is 0 Å². The molecule has 0 fully saturated rings. The first-order chi connectivity index (χ1) is 57.4. The molecule has 0 saturated carbocycles. The Labute approximate surface area is 743 Å². The molecule has 7 nitrogen and oxygen atoms in total. The lowest BCUT2D eigenvalue weighted by molar-refractivity contribution is -0.106. The van der Waals surface area contributed by atoms with E-state index < -0.39 is 11.7 Å². The number of anilines is 1. The van der Waals surface area contributed by atoms with Crippen LogP contribution in [0.1, 0.15) is 229 Å². The summed E-state index contributed by atoms with van der Waals surface area (Å²) < 4.78 is 38.7. The van der Waals surface area contributed by atoms with Gasteiger partial charge in [0.15, 0.2) is 0 Å². The summed E-state index contributed by atoms with van der Waals surface area (Å²) in [5.74, 6) is 0. The molecular weight excluding hydrogens is 1580 g/mol. The number of rotatable bonds is 29. The topological polar surface area (TPSA) is 106 Å². The highest BCUT2D eigenvalue weighted by Gasteiger charge is 2.32. The molecule has 0 heterocycles. The van der Waals surface area contributed by atoms with Crippen LogP contribution < -0.4 is 4.90 Å². The summed E-state index contributed by atoms with van der Waals surface area (Å²) >= 11 is 3.30. The fourth-order valence-electron chi connectivity index (χ4n) is 13.9. The minimum atomic E-state index is -4.52. The molecule has 6 rings (SSSR count). The minimum absolute atomic E-state index is 0.130. The molecule has 0 aromatic heterocycles. The van der Waals surface area contributed by atoms with Crippen molar-refractivity contribution in [2.45, 2.75) is 229 Å². The Hall–Kier alpha value is -10.2. The van der Waals surface area contributed by atoms with Gasteiger partial charge in [-0.25, -0.2) is 0 Å². The molecule has 0 aliphatic heterocycles. The molecule has 122 heavy (non-hydrogen) atoms. The van der Waals surface area contributed by atoms with E-state index in [1.54, 1.807) is 30.4 Å². The summed E-state index contributed by atoms with van der Waals surface area (Å²) in [5.41, 5.74) is 23.6. The molecule has 1 aromatic carbocycles. The molecule has 0 N–H and O–H groups in total. The lowest BCUT2D eigenvalue weighted by atomic mass is 9.72. The number of allylic oxidation sites excluding steroid dienone is 57. The first-order valence-electron chi connectivity index (χ1n) is 42.3. The number of carbonyl (C=O) groups excluding carboxylic acids is 6. The fraction of sp³-hybridized carbons (Fsp3) is 0.369. The number of halogens is 4. The van der Waals surface area contributed by atoms with Crippen LogP contribution in [-0.4, -0.2) is 58.0 Å². The molecule has 0 bridgehead atoms. The average molecular weight is 1720 g/mol. The van der Waals surface area contributed by atoms with Crippen molar-refractivity contribution in [2.24, 2.45) is 27.1 Å². The van der Waals surface area contributed by atoms with Crippen LogP contribution in [-0.2, 0) is 28.8 Å². The van der Waals surface area contributed by atoms with Gasteiger partial charge in [-0.05, 0) is 297 Å². The number of aldehydes is 6. The zero-order chi connectivity index (χ0) is 92.1. The van der Waals surface area contributed by atoms with Crippen molar-refractivity contribution in [3.8, 4) is 0 Å². The smallest absolute Gasteiger partial charge is 0.378 e. The zero-order valence-corrected chi connectivity index (χ0v) is 79.6. The Morgan fingerprint density at radius 3 is 1.08 bits per heavy atom. The van der Waals surface area contributed by atoms with E-state index in [1.807, 2.05) is 138 Å². The van der Waals surface area contributed by atoms with Gasteiger partial charge >= 0.3 is 6.18 Å². The van der Waals surface area contributed by atoms with Crippen LogP contribution in [0, 0.1) is 27.1 Å². The summed E-state index contributed by atoms with van der Waals surface area (Å²) in [4.78, 5) is 63.5. The SMILES string of the molecule is CC(/C=C/C=C(C)/C=C/C1=CCCCC1(C)C)=C\C=C\C=O.CC1=C(/C=C/C(C)=C/C=C/C(=C/C=O)C(F)(F)F)C(C)(C)CCC1.CC1=C(/C=C/C(C)=C/C=C/C(Br)=C/C=O)C(C)(C)CCC1.CC1=C(/C=C/C(C)=C/C=C/C(C)=C/C=O)C(C)(C)CC=C1.CC1=C(/C=C/C(C)=C/C=C/C(C)=C/C=O)C(C)(C)CC=C1.CN(C)c1ccc(/C=C/C=O)cc1. The van der Waals surface area contributed by atoms with Gasteiger partial charge in [-0.3, -0.25) is 28.8 Å². The van der Waals surface area contributed by atoms with Gasteiger partial charge in [0.2, 0.25) is 0 Å². The first-order valence-corrected chi connectivity index (χ1v) is 43.1. The van der Waals surface area contributed by atoms with Gasteiger partial charge in [-0.1, -0.05) is 330 Å². The van der Waals surface area contributed by atoms with Crippen molar-refractivity contribution in [3.63, 3.8) is 0 Å². The van der Waals surface area contributed by atoms with Gasteiger partial charge in [0.05, 0.1) is 5.57 Å². The van der Waals surface area contributed by atoms with Crippen molar-refractivity contribution in [1.29, 1.82) is 0 Å². The molecular formula is C111H143BrF3NO6. The largest absolute Gasteiger partial charge is 0.416 e. The Kier molecular flexibility index (Phi) is 52.1. The summed E-state index contributed by atoms with van der Waals surface area (Å²) in [6, 6.07) is 8.00. The highest BCUT2D eigenvalue weighted by molar-refractivity contribution is 9.11. The molecule has 0 unspecified atom stereocenters. The van der Waals surface area contributed by atoms with Crippen LogP contribution in [0.3, 0.4) is 0 Å². The van der Waals surface area contributed by atoms with Gasteiger partial charge in [-0.15, -0.1) is 0 Å². The molecule has 0 atom stereocenters. The van der Waals surface area contributed by atoms with Crippen LogP contribution in [0.2, 0.25) is 0 Å². The summed E-state index contributed by atoms with van der Waals surface area (Å²) in [6.45, 7) is 47.6. The Balaban J connectivity index is 0.000000737. The van der Waals surface area contributed by atoms with E-state index in [0.29, 0.717) is 11.5 Å². The molecule has 5 aliphatic rings. The van der Waals surface area contributed by atoms with Crippen LogP contribution in [0.15, 0.2) is 360 Å². The molecule has 656 valence electrons. The highest BCUT2D eigenvalue weighted by atomic mass is 79.9. The van der Waals surface area contributed by atoms with Gasteiger partial charge in [0, 0.05) is 24.3 Å². The maximum absolute atomic E-state index is 12.6. The lowest BCUT2D eigenvalue weighted by Crippen LogP contribution is -2.19. The van der Waals surface area contributed by atoms with E-state index in [9.17, 15) is 41.9 Å². The first kappa shape index (κ1) is 110. The number of carbonyl (C=O) groups is 6. The van der Waals surface area contributed by atoms with Crippen molar-refractivity contribution in [3.05, 3.63) is 366 Å².